The molecule has 0 radical (unpaired) electrons. The molecule has 0 atom stereocenters. The maximum absolute atomic E-state index is 14.0. The Morgan fingerprint density at radius 3 is 2.43 bits per heavy atom. The van der Waals surface area contributed by atoms with E-state index in [9.17, 15) is 22.0 Å². The van der Waals surface area contributed by atoms with Crippen molar-refractivity contribution in [3.05, 3.63) is 65.4 Å². The molecule has 0 unspecified atom stereocenters. The predicted octanol–water partition coefficient (Wildman–Crippen LogP) is 3.56. The molecule has 1 aromatic heterocycles. The number of para-hydroxylation sites is 1. The summed E-state index contributed by atoms with van der Waals surface area (Å²) in [4.78, 5) is 14.5. The molecule has 1 saturated heterocycles. The first-order valence-corrected chi connectivity index (χ1v) is 11.0. The lowest BCUT2D eigenvalue weighted by atomic mass is 10.1. The van der Waals surface area contributed by atoms with Crippen molar-refractivity contribution in [1.82, 2.24) is 9.21 Å². The summed E-state index contributed by atoms with van der Waals surface area (Å²) in [6.45, 7) is 2.53. The number of nitrogens with zero attached hydrogens (tertiary/aromatic N) is 2. The lowest BCUT2D eigenvalue weighted by Crippen LogP contribution is -2.37. The second-order valence-electron chi connectivity index (χ2n) is 7.18. The van der Waals surface area contributed by atoms with Crippen LogP contribution >= 0.6 is 0 Å². The van der Waals surface area contributed by atoms with E-state index in [1.54, 1.807) is 19.1 Å². The van der Waals surface area contributed by atoms with Crippen molar-refractivity contribution in [1.29, 1.82) is 0 Å². The highest BCUT2D eigenvalue weighted by molar-refractivity contribution is 7.89. The lowest BCUT2D eigenvalue weighted by Gasteiger charge is -2.21. The Morgan fingerprint density at radius 1 is 1.00 bits per heavy atom. The Bertz CT molecular complexity index is 1210. The highest BCUT2D eigenvalue weighted by atomic mass is 32.2. The van der Waals surface area contributed by atoms with Gasteiger partial charge in [-0.2, -0.15) is 4.31 Å². The van der Waals surface area contributed by atoms with Gasteiger partial charge in [0.15, 0.2) is 17.2 Å². The third-order valence-corrected chi connectivity index (χ3v) is 7.22. The molecule has 2 aromatic carbocycles. The van der Waals surface area contributed by atoms with Gasteiger partial charge in [-0.3, -0.25) is 4.79 Å². The number of furan rings is 1. The van der Waals surface area contributed by atoms with Gasteiger partial charge in [-0.1, -0.05) is 12.1 Å². The number of rotatable bonds is 3. The number of aryl methyl sites for hydroxylation is 1. The van der Waals surface area contributed by atoms with E-state index in [4.69, 9.17) is 4.42 Å². The van der Waals surface area contributed by atoms with Crippen LogP contribution in [-0.4, -0.2) is 49.7 Å². The fourth-order valence-corrected chi connectivity index (χ4v) is 5.12. The second-order valence-corrected chi connectivity index (χ2v) is 9.11. The first-order chi connectivity index (χ1) is 14.3. The van der Waals surface area contributed by atoms with Crippen LogP contribution in [0.4, 0.5) is 8.78 Å². The molecular formula is C21H20F2N2O4S. The molecule has 30 heavy (non-hydrogen) atoms. The number of hydrogen-bond acceptors (Lipinski definition) is 4. The minimum absolute atomic E-state index is 0.00674. The molecule has 9 heteroatoms. The Morgan fingerprint density at radius 2 is 1.73 bits per heavy atom. The maximum atomic E-state index is 14.0. The summed E-state index contributed by atoms with van der Waals surface area (Å²) in [5.74, 6) is -1.39. The molecule has 0 saturated carbocycles. The monoisotopic (exact) mass is 434 g/mol. The summed E-state index contributed by atoms with van der Waals surface area (Å²) in [5, 5.41) is 0.536. The molecule has 0 aliphatic carbocycles. The third-order valence-electron chi connectivity index (χ3n) is 5.30. The number of benzene rings is 2. The molecular weight excluding hydrogens is 414 g/mol. The van der Waals surface area contributed by atoms with E-state index in [0.717, 1.165) is 12.1 Å². The van der Waals surface area contributed by atoms with Gasteiger partial charge in [0.2, 0.25) is 10.0 Å². The number of carbonyl (C=O) groups is 1. The van der Waals surface area contributed by atoms with Crippen LogP contribution in [0.1, 0.15) is 22.5 Å². The van der Waals surface area contributed by atoms with Crippen LogP contribution < -0.4 is 0 Å². The van der Waals surface area contributed by atoms with E-state index in [0.29, 0.717) is 23.9 Å². The van der Waals surface area contributed by atoms with Crippen LogP contribution in [0.5, 0.6) is 0 Å². The summed E-state index contributed by atoms with van der Waals surface area (Å²) >= 11 is 0. The van der Waals surface area contributed by atoms with Gasteiger partial charge in [-0.15, -0.1) is 0 Å². The Labute approximate surface area is 172 Å². The van der Waals surface area contributed by atoms with Gasteiger partial charge in [0.05, 0.1) is 4.90 Å². The first-order valence-electron chi connectivity index (χ1n) is 9.51. The Balaban J connectivity index is 1.55. The van der Waals surface area contributed by atoms with Crippen molar-refractivity contribution in [3.63, 3.8) is 0 Å². The zero-order chi connectivity index (χ0) is 21.5. The summed E-state index contributed by atoms with van der Waals surface area (Å²) in [6, 6.07) is 9.17. The average molecular weight is 434 g/mol. The van der Waals surface area contributed by atoms with E-state index in [-0.39, 0.29) is 35.9 Å². The van der Waals surface area contributed by atoms with Crippen LogP contribution in [0.3, 0.4) is 0 Å². The largest absolute Gasteiger partial charge is 0.448 e. The lowest BCUT2D eigenvalue weighted by molar-refractivity contribution is 0.0733. The highest BCUT2D eigenvalue weighted by Gasteiger charge is 2.30. The van der Waals surface area contributed by atoms with Gasteiger partial charge in [0.1, 0.15) is 5.82 Å². The smallest absolute Gasteiger partial charge is 0.289 e. The number of fused-ring (bicyclic) bond motifs is 1. The number of amides is 1. The molecule has 1 aliphatic rings. The number of sulfonamides is 1. The fourth-order valence-electron chi connectivity index (χ4n) is 3.65. The van der Waals surface area contributed by atoms with Crippen molar-refractivity contribution < 1.29 is 26.4 Å². The first kappa shape index (κ1) is 20.5. The Hall–Kier alpha value is -2.78. The topological polar surface area (TPSA) is 70.8 Å². The van der Waals surface area contributed by atoms with Crippen LogP contribution in [-0.2, 0) is 10.0 Å². The van der Waals surface area contributed by atoms with Crippen LogP contribution in [0.25, 0.3) is 11.0 Å². The molecule has 158 valence electrons. The van der Waals surface area contributed by atoms with Gasteiger partial charge in [-0.25, -0.2) is 17.2 Å². The summed E-state index contributed by atoms with van der Waals surface area (Å²) < 4.78 is 59.6. The standard InChI is InChI=1S/C21H20F2N2O4S/c1-14-17-4-2-5-18(23)20(17)29-19(14)21(26)24-10-3-11-25(13-12-24)30(27,28)16-8-6-15(22)7-9-16/h2,4-9H,3,10-13H2,1H3. The number of hydrogen-bond donors (Lipinski definition) is 0. The zero-order valence-corrected chi connectivity index (χ0v) is 17.1. The quantitative estimate of drug-likeness (QED) is 0.632. The molecule has 0 spiro atoms. The van der Waals surface area contributed by atoms with Crippen molar-refractivity contribution in [2.45, 2.75) is 18.2 Å². The van der Waals surface area contributed by atoms with Gasteiger partial charge >= 0.3 is 0 Å². The molecule has 4 rings (SSSR count). The minimum Gasteiger partial charge on any atom is -0.448 e. The molecule has 1 fully saturated rings. The molecule has 2 heterocycles. The number of halogens is 2. The number of carbonyl (C=O) groups excluding carboxylic acids is 1. The van der Waals surface area contributed by atoms with Crippen molar-refractivity contribution in [2.24, 2.45) is 0 Å². The molecule has 0 N–H and O–H groups in total. The summed E-state index contributed by atoms with van der Waals surface area (Å²) in [5.41, 5.74) is 0.586. The average Bonchev–Trinajstić information content (AvgIpc) is 2.90. The molecule has 1 aliphatic heterocycles. The van der Waals surface area contributed by atoms with Crippen molar-refractivity contribution in [3.8, 4) is 0 Å². The van der Waals surface area contributed by atoms with Crippen LogP contribution in [0.2, 0.25) is 0 Å². The van der Waals surface area contributed by atoms with E-state index in [1.165, 1.54) is 27.4 Å². The van der Waals surface area contributed by atoms with Gasteiger partial charge < -0.3 is 9.32 Å². The zero-order valence-electron chi connectivity index (χ0n) is 16.3. The fraction of sp³-hybridized carbons (Fsp3) is 0.286. The Kier molecular flexibility index (Phi) is 5.33. The van der Waals surface area contributed by atoms with E-state index in [2.05, 4.69) is 0 Å². The predicted molar refractivity (Wildman–Crippen MR) is 107 cm³/mol. The van der Waals surface area contributed by atoms with E-state index < -0.39 is 27.6 Å². The normalized spacial score (nSPS) is 16.0. The van der Waals surface area contributed by atoms with Crippen LogP contribution in [0.15, 0.2) is 51.8 Å². The van der Waals surface area contributed by atoms with Gasteiger partial charge in [-0.05, 0) is 43.7 Å². The van der Waals surface area contributed by atoms with Gasteiger partial charge in [0, 0.05) is 37.1 Å². The van der Waals surface area contributed by atoms with Crippen molar-refractivity contribution >= 4 is 26.9 Å². The molecule has 1 amide bonds. The third kappa shape index (κ3) is 3.59. The second kappa shape index (κ2) is 7.81. The SMILES string of the molecule is Cc1c(C(=O)N2CCCN(S(=O)(=O)c3ccc(F)cc3)CC2)oc2c(F)cccc12. The van der Waals surface area contributed by atoms with Crippen LogP contribution in [0, 0.1) is 18.6 Å². The molecule has 6 nitrogen and oxygen atoms in total. The van der Waals surface area contributed by atoms with Crippen molar-refractivity contribution in [2.75, 3.05) is 26.2 Å². The highest BCUT2D eigenvalue weighted by Crippen LogP contribution is 2.28. The summed E-state index contributed by atoms with van der Waals surface area (Å²) in [7, 11) is -3.79. The molecule has 3 aromatic rings. The summed E-state index contributed by atoms with van der Waals surface area (Å²) in [6.07, 6.45) is 0.430. The van der Waals surface area contributed by atoms with Gasteiger partial charge in [0.25, 0.3) is 5.91 Å². The van der Waals surface area contributed by atoms with E-state index >= 15 is 0 Å². The minimum atomic E-state index is -3.79. The maximum Gasteiger partial charge on any atom is 0.289 e. The molecule has 0 bridgehead atoms. The van der Waals surface area contributed by atoms with E-state index in [1.807, 2.05) is 0 Å².